The number of nitrogens with zero attached hydrogens (tertiary/aromatic N) is 2. The van der Waals surface area contributed by atoms with Crippen LogP contribution in [0.15, 0.2) is 30.5 Å². The Bertz CT molecular complexity index is 1070. The van der Waals surface area contributed by atoms with Crippen molar-refractivity contribution in [1.82, 2.24) is 14.9 Å². The van der Waals surface area contributed by atoms with E-state index in [1.165, 1.54) is 71.2 Å². The van der Waals surface area contributed by atoms with Gasteiger partial charge in [-0.3, -0.25) is 9.88 Å². The van der Waals surface area contributed by atoms with E-state index >= 15 is 0 Å². The van der Waals surface area contributed by atoms with E-state index in [0.717, 1.165) is 18.9 Å². The molecule has 0 amide bonds. The molecule has 1 atom stereocenters. The van der Waals surface area contributed by atoms with E-state index in [4.69, 9.17) is 4.74 Å². The molecule has 0 spiro atoms. The molecule has 4 heteroatoms. The standard InChI is InChI=1S/C27H35N3O/c1-17(2)26-24-14-21(20-7-10-30(11-8-20)22-9-12-31-16-22)5-6-25(24)29-27(26)23-13-19(4)28-15-18(23)3/h5-6,13-15,17,20,22,29H,7-12,16H2,1-4H3. The van der Waals surface area contributed by atoms with Crippen LogP contribution in [-0.4, -0.2) is 47.2 Å². The summed E-state index contributed by atoms with van der Waals surface area (Å²) in [6.07, 6.45) is 5.70. The predicted molar refractivity (Wildman–Crippen MR) is 128 cm³/mol. The summed E-state index contributed by atoms with van der Waals surface area (Å²) in [7, 11) is 0. The summed E-state index contributed by atoms with van der Waals surface area (Å²) in [6.45, 7) is 13.1. The minimum absolute atomic E-state index is 0.455. The maximum absolute atomic E-state index is 5.61. The van der Waals surface area contributed by atoms with E-state index in [2.05, 4.69) is 66.8 Å². The second-order valence-corrected chi connectivity index (χ2v) is 9.84. The summed E-state index contributed by atoms with van der Waals surface area (Å²) >= 11 is 0. The number of nitrogens with one attached hydrogen (secondary N) is 1. The molecule has 4 nitrogen and oxygen atoms in total. The van der Waals surface area contributed by atoms with Crippen molar-refractivity contribution in [3.63, 3.8) is 0 Å². The first-order chi connectivity index (χ1) is 15.0. The quantitative estimate of drug-likeness (QED) is 0.571. The number of aromatic amines is 1. The molecule has 0 saturated carbocycles. The normalized spacial score (nSPS) is 20.9. The third-order valence-corrected chi connectivity index (χ3v) is 7.37. The Morgan fingerprint density at radius 3 is 2.61 bits per heavy atom. The second-order valence-electron chi connectivity index (χ2n) is 9.84. The van der Waals surface area contributed by atoms with Crippen LogP contribution in [0.4, 0.5) is 0 Å². The van der Waals surface area contributed by atoms with Crippen LogP contribution >= 0.6 is 0 Å². The fourth-order valence-corrected chi connectivity index (χ4v) is 5.60. The van der Waals surface area contributed by atoms with Crippen molar-refractivity contribution in [3.8, 4) is 11.3 Å². The molecule has 1 aromatic carbocycles. The van der Waals surface area contributed by atoms with E-state index in [1.807, 2.05) is 6.20 Å². The topological polar surface area (TPSA) is 41.2 Å². The number of H-pyrrole nitrogens is 1. The van der Waals surface area contributed by atoms with Gasteiger partial charge in [-0.2, -0.15) is 0 Å². The monoisotopic (exact) mass is 417 g/mol. The molecule has 1 N–H and O–H groups in total. The number of hydrogen-bond acceptors (Lipinski definition) is 3. The van der Waals surface area contributed by atoms with Gasteiger partial charge in [-0.25, -0.2) is 0 Å². The van der Waals surface area contributed by atoms with Crippen LogP contribution in [0.1, 0.15) is 67.3 Å². The Morgan fingerprint density at radius 1 is 1.10 bits per heavy atom. The summed E-state index contributed by atoms with van der Waals surface area (Å²) in [5.41, 5.74) is 9.02. The SMILES string of the molecule is Cc1cc(-c2[nH]c3ccc(C4CCN(C5CCOC5)CC4)cc3c2C(C)C)c(C)cn1. The second kappa shape index (κ2) is 8.40. The van der Waals surface area contributed by atoms with Crippen LogP contribution in [-0.2, 0) is 4.74 Å². The zero-order valence-electron chi connectivity index (χ0n) is 19.4. The number of ether oxygens (including phenoxy) is 1. The van der Waals surface area contributed by atoms with E-state index < -0.39 is 0 Å². The van der Waals surface area contributed by atoms with Gasteiger partial charge in [-0.15, -0.1) is 0 Å². The van der Waals surface area contributed by atoms with Crippen LogP contribution in [0, 0.1) is 13.8 Å². The van der Waals surface area contributed by atoms with Crippen molar-refractivity contribution < 1.29 is 4.74 Å². The molecule has 0 bridgehead atoms. The summed E-state index contributed by atoms with van der Waals surface area (Å²) in [6, 6.07) is 10.0. The fraction of sp³-hybridized carbons (Fsp3) is 0.519. The molecule has 3 aromatic rings. The van der Waals surface area contributed by atoms with Crippen LogP contribution in [0.25, 0.3) is 22.2 Å². The molecular formula is C27H35N3O. The fourth-order valence-electron chi connectivity index (χ4n) is 5.60. The summed E-state index contributed by atoms with van der Waals surface area (Å²) in [5.74, 6) is 1.11. The molecule has 5 rings (SSSR count). The Balaban J connectivity index is 1.47. The Morgan fingerprint density at radius 2 is 1.90 bits per heavy atom. The van der Waals surface area contributed by atoms with E-state index in [1.54, 1.807) is 0 Å². The van der Waals surface area contributed by atoms with Crippen molar-refractivity contribution >= 4 is 10.9 Å². The molecule has 2 aliphatic rings. The van der Waals surface area contributed by atoms with E-state index in [-0.39, 0.29) is 0 Å². The third kappa shape index (κ3) is 3.92. The Labute approximate surface area is 186 Å². The third-order valence-electron chi connectivity index (χ3n) is 7.37. The van der Waals surface area contributed by atoms with E-state index in [9.17, 15) is 0 Å². The van der Waals surface area contributed by atoms with Gasteiger partial charge in [0.25, 0.3) is 0 Å². The first-order valence-corrected chi connectivity index (χ1v) is 11.9. The number of piperidine rings is 1. The minimum atomic E-state index is 0.455. The molecular weight excluding hydrogens is 382 g/mol. The van der Waals surface area contributed by atoms with E-state index in [0.29, 0.717) is 17.9 Å². The zero-order valence-corrected chi connectivity index (χ0v) is 19.4. The van der Waals surface area contributed by atoms with Crippen molar-refractivity contribution in [2.75, 3.05) is 26.3 Å². The van der Waals surface area contributed by atoms with Gasteiger partial charge < -0.3 is 9.72 Å². The smallest absolute Gasteiger partial charge is 0.0622 e. The number of rotatable bonds is 4. The number of likely N-dealkylation sites (tertiary alicyclic amines) is 1. The van der Waals surface area contributed by atoms with Crippen LogP contribution in [0.5, 0.6) is 0 Å². The summed E-state index contributed by atoms with van der Waals surface area (Å²) in [5, 5.41) is 1.39. The van der Waals surface area contributed by atoms with Gasteiger partial charge >= 0.3 is 0 Å². The number of fused-ring (bicyclic) bond motifs is 1. The maximum atomic E-state index is 5.61. The lowest BCUT2D eigenvalue weighted by atomic mass is 9.87. The average Bonchev–Trinajstić information content (AvgIpc) is 3.43. The number of pyridine rings is 1. The highest BCUT2D eigenvalue weighted by Crippen LogP contribution is 2.39. The van der Waals surface area contributed by atoms with Crippen molar-refractivity contribution in [2.45, 2.75) is 64.8 Å². The molecule has 0 radical (unpaired) electrons. The van der Waals surface area contributed by atoms with Gasteiger partial charge in [0.1, 0.15) is 0 Å². The molecule has 1 unspecified atom stereocenters. The minimum Gasteiger partial charge on any atom is -0.380 e. The van der Waals surface area contributed by atoms with Crippen molar-refractivity contribution in [3.05, 3.63) is 52.8 Å². The molecule has 2 saturated heterocycles. The van der Waals surface area contributed by atoms with Crippen LogP contribution < -0.4 is 0 Å². The van der Waals surface area contributed by atoms with Gasteiger partial charge in [0.2, 0.25) is 0 Å². The lowest BCUT2D eigenvalue weighted by Gasteiger charge is -2.35. The lowest BCUT2D eigenvalue weighted by molar-refractivity contribution is 0.122. The van der Waals surface area contributed by atoms with Crippen molar-refractivity contribution in [2.24, 2.45) is 0 Å². The van der Waals surface area contributed by atoms with Gasteiger partial charge in [-0.1, -0.05) is 19.9 Å². The Kier molecular flexibility index (Phi) is 5.61. The molecule has 31 heavy (non-hydrogen) atoms. The van der Waals surface area contributed by atoms with Gasteiger partial charge in [-0.05, 0) is 92.9 Å². The Hall–Kier alpha value is -2.17. The number of hydrogen-bond donors (Lipinski definition) is 1. The molecule has 0 aliphatic carbocycles. The first-order valence-electron chi connectivity index (χ1n) is 11.9. The highest BCUT2D eigenvalue weighted by molar-refractivity contribution is 5.92. The average molecular weight is 418 g/mol. The maximum Gasteiger partial charge on any atom is 0.0622 e. The highest BCUT2D eigenvalue weighted by atomic mass is 16.5. The van der Waals surface area contributed by atoms with Gasteiger partial charge in [0.05, 0.1) is 12.3 Å². The number of benzene rings is 1. The van der Waals surface area contributed by atoms with Crippen LogP contribution in [0.3, 0.4) is 0 Å². The molecule has 4 heterocycles. The molecule has 2 aromatic heterocycles. The van der Waals surface area contributed by atoms with Gasteiger partial charge in [0.15, 0.2) is 0 Å². The number of aromatic nitrogens is 2. The van der Waals surface area contributed by atoms with Crippen molar-refractivity contribution in [1.29, 1.82) is 0 Å². The van der Waals surface area contributed by atoms with Crippen LogP contribution in [0.2, 0.25) is 0 Å². The highest BCUT2D eigenvalue weighted by Gasteiger charge is 2.28. The van der Waals surface area contributed by atoms with Gasteiger partial charge in [0, 0.05) is 41.0 Å². The molecule has 164 valence electrons. The number of aryl methyl sites for hydroxylation is 2. The first kappa shape index (κ1) is 20.7. The predicted octanol–water partition coefficient (Wildman–Crippen LogP) is 5.94. The summed E-state index contributed by atoms with van der Waals surface area (Å²) < 4.78 is 5.61. The molecule has 2 aliphatic heterocycles. The lowest BCUT2D eigenvalue weighted by Crippen LogP contribution is -2.41. The summed E-state index contributed by atoms with van der Waals surface area (Å²) in [4.78, 5) is 10.9. The largest absolute Gasteiger partial charge is 0.380 e. The zero-order chi connectivity index (χ0) is 21.5. The molecule has 2 fully saturated rings.